The van der Waals surface area contributed by atoms with Crippen LogP contribution in [0.4, 0.5) is 4.39 Å². The summed E-state index contributed by atoms with van der Waals surface area (Å²) in [7, 11) is 3.24. The number of benzene rings is 2. The van der Waals surface area contributed by atoms with Gasteiger partial charge in [-0.25, -0.2) is 9.07 Å². The van der Waals surface area contributed by atoms with Gasteiger partial charge in [0, 0.05) is 26.2 Å². The summed E-state index contributed by atoms with van der Waals surface area (Å²) < 4.78 is 14.6. The Morgan fingerprint density at radius 3 is 2.34 bits per heavy atom. The predicted octanol–water partition coefficient (Wildman–Crippen LogP) is 3.61. The van der Waals surface area contributed by atoms with Crippen LogP contribution in [-0.4, -0.2) is 40.6 Å². The molecular weight excluding hydrogens is 395 g/mol. The molecule has 2 amide bonds. The molecule has 0 aliphatic heterocycles. The Morgan fingerprint density at radius 2 is 1.76 bits per heavy atom. The van der Waals surface area contributed by atoms with Crippen molar-refractivity contribution in [2.45, 2.75) is 13.5 Å². The molecule has 1 aromatic heterocycles. The monoisotopic (exact) mass is 414 g/mol. The maximum absolute atomic E-state index is 13.2. The normalized spacial score (nSPS) is 10.7. The second-order valence-electron chi connectivity index (χ2n) is 6.58. The summed E-state index contributed by atoms with van der Waals surface area (Å²) in [4.78, 5) is 26.1. The molecule has 3 rings (SSSR count). The molecular formula is C21H20ClFN4O2. The summed E-state index contributed by atoms with van der Waals surface area (Å²) in [6.07, 6.45) is 0. The third-order valence-electron chi connectivity index (χ3n) is 4.50. The van der Waals surface area contributed by atoms with Crippen molar-refractivity contribution in [1.82, 2.24) is 20.0 Å². The maximum Gasteiger partial charge on any atom is 0.258 e. The number of rotatable bonds is 5. The quantitative estimate of drug-likeness (QED) is 0.693. The van der Waals surface area contributed by atoms with E-state index < -0.39 is 0 Å². The highest BCUT2D eigenvalue weighted by molar-refractivity contribution is 6.33. The van der Waals surface area contributed by atoms with Gasteiger partial charge in [-0.2, -0.15) is 5.10 Å². The molecule has 6 nitrogen and oxygen atoms in total. The molecule has 0 bridgehead atoms. The van der Waals surface area contributed by atoms with Gasteiger partial charge in [-0.15, -0.1) is 0 Å². The van der Waals surface area contributed by atoms with Crippen molar-refractivity contribution >= 4 is 23.4 Å². The maximum atomic E-state index is 13.2. The van der Waals surface area contributed by atoms with Gasteiger partial charge in [0.05, 0.1) is 16.9 Å². The first-order valence-electron chi connectivity index (χ1n) is 8.89. The Bertz CT molecular complexity index is 1050. The van der Waals surface area contributed by atoms with Gasteiger partial charge in [-0.3, -0.25) is 9.59 Å². The molecule has 0 aliphatic carbocycles. The molecule has 0 saturated carbocycles. The first kappa shape index (κ1) is 20.5. The number of aromatic nitrogens is 2. The van der Waals surface area contributed by atoms with Crippen molar-refractivity contribution in [2.24, 2.45) is 0 Å². The highest BCUT2D eigenvalue weighted by Gasteiger charge is 2.24. The van der Waals surface area contributed by atoms with Crippen molar-refractivity contribution in [3.63, 3.8) is 0 Å². The van der Waals surface area contributed by atoms with Crippen molar-refractivity contribution < 1.29 is 14.0 Å². The largest absolute Gasteiger partial charge is 0.355 e. The summed E-state index contributed by atoms with van der Waals surface area (Å²) in [5.41, 5.74) is 2.75. The molecule has 8 heteroatoms. The van der Waals surface area contributed by atoms with Crippen molar-refractivity contribution in [2.75, 3.05) is 14.1 Å². The lowest BCUT2D eigenvalue weighted by Crippen LogP contribution is -2.27. The molecule has 1 heterocycles. The number of aryl methyl sites for hydroxylation is 1. The lowest BCUT2D eigenvalue weighted by atomic mass is 10.1. The minimum atomic E-state index is -0.368. The lowest BCUT2D eigenvalue weighted by molar-refractivity contribution is 0.0784. The first-order chi connectivity index (χ1) is 13.8. The Hall–Kier alpha value is -3.19. The summed E-state index contributed by atoms with van der Waals surface area (Å²) >= 11 is 6.43. The summed E-state index contributed by atoms with van der Waals surface area (Å²) in [6.45, 7) is 2.04. The average molecular weight is 415 g/mol. The zero-order chi connectivity index (χ0) is 21.1. The van der Waals surface area contributed by atoms with Crippen LogP contribution in [0, 0.1) is 12.7 Å². The number of nitrogens with zero attached hydrogens (tertiary/aromatic N) is 3. The SMILES string of the molecule is CNC(=O)c1ccc(CN(C)C(=O)c2c(C)nn(-c3ccc(F)cc3)c2Cl)cc1. The second kappa shape index (κ2) is 8.45. The average Bonchev–Trinajstić information content (AvgIpc) is 3.02. The molecule has 2 aromatic carbocycles. The Balaban J connectivity index is 1.81. The van der Waals surface area contributed by atoms with Gasteiger partial charge in [0.2, 0.25) is 0 Å². The van der Waals surface area contributed by atoms with Crippen LogP contribution in [0.5, 0.6) is 0 Å². The highest BCUT2D eigenvalue weighted by atomic mass is 35.5. The van der Waals surface area contributed by atoms with E-state index in [-0.39, 0.29) is 22.8 Å². The minimum Gasteiger partial charge on any atom is -0.355 e. The molecule has 29 heavy (non-hydrogen) atoms. The van der Waals surface area contributed by atoms with Crippen molar-refractivity contribution in [3.05, 3.63) is 81.9 Å². The topological polar surface area (TPSA) is 67.2 Å². The zero-order valence-corrected chi connectivity index (χ0v) is 17.0. The molecule has 0 saturated heterocycles. The van der Waals surface area contributed by atoms with Gasteiger partial charge in [0.15, 0.2) is 0 Å². The van der Waals surface area contributed by atoms with Gasteiger partial charge in [0.1, 0.15) is 11.0 Å². The molecule has 0 spiro atoms. The fourth-order valence-corrected chi connectivity index (χ4v) is 3.29. The first-order valence-corrected chi connectivity index (χ1v) is 9.27. The minimum absolute atomic E-state index is 0.168. The molecule has 150 valence electrons. The van der Waals surface area contributed by atoms with Crippen LogP contribution in [0.15, 0.2) is 48.5 Å². The number of hydrogen-bond acceptors (Lipinski definition) is 3. The smallest absolute Gasteiger partial charge is 0.258 e. The van der Waals surface area contributed by atoms with E-state index in [2.05, 4.69) is 10.4 Å². The van der Waals surface area contributed by atoms with Crippen LogP contribution in [0.25, 0.3) is 5.69 Å². The predicted molar refractivity (Wildman–Crippen MR) is 109 cm³/mol. The van der Waals surface area contributed by atoms with E-state index in [0.29, 0.717) is 29.1 Å². The van der Waals surface area contributed by atoms with Gasteiger partial charge in [0.25, 0.3) is 11.8 Å². The van der Waals surface area contributed by atoms with Crippen LogP contribution in [0.2, 0.25) is 5.15 Å². The number of carbonyl (C=O) groups is 2. The van der Waals surface area contributed by atoms with E-state index in [9.17, 15) is 14.0 Å². The third-order valence-corrected chi connectivity index (χ3v) is 4.85. The molecule has 0 fully saturated rings. The lowest BCUT2D eigenvalue weighted by Gasteiger charge is -2.17. The number of carbonyl (C=O) groups excluding carboxylic acids is 2. The van der Waals surface area contributed by atoms with Crippen molar-refractivity contribution in [3.8, 4) is 5.69 Å². The van der Waals surface area contributed by atoms with E-state index >= 15 is 0 Å². The van der Waals surface area contributed by atoms with Gasteiger partial charge in [-0.1, -0.05) is 23.7 Å². The highest BCUT2D eigenvalue weighted by Crippen LogP contribution is 2.25. The van der Waals surface area contributed by atoms with E-state index in [1.54, 1.807) is 57.4 Å². The summed E-state index contributed by atoms with van der Waals surface area (Å²) in [5, 5.41) is 7.06. The summed E-state index contributed by atoms with van der Waals surface area (Å²) in [6, 6.07) is 12.7. The third kappa shape index (κ3) is 4.30. The Kier molecular flexibility index (Phi) is 5.98. The molecule has 1 N–H and O–H groups in total. The summed E-state index contributed by atoms with van der Waals surface area (Å²) in [5.74, 6) is -0.819. The van der Waals surface area contributed by atoms with Crippen LogP contribution in [-0.2, 0) is 6.54 Å². The fourth-order valence-electron chi connectivity index (χ4n) is 2.94. The number of amides is 2. The van der Waals surface area contributed by atoms with Gasteiger partial charge >= 0.3 is 0 Å². The number of hydrogen-bond donors (Lipinski definition) is 1. The van der Waals surface area contributed by atoms with Crippen molar-refractivity contribution in [1.29, 1.82) is 0 Å². The second-order valence-corrected chi connectivity index (χ2v) is 6.93. The van der Waals surface area contributed by atoms with Gasteiger partial charge in [-0.05, 0) is 48.9 Å². The van der Waals surface area contributed by atoms with Gasteiger partial charge < -0.3 is 10.2 Å². The van der Waals surface area contributed by atoms with E-state index in [1.165, 1.54) is 21.7 Å². The molecule has 0 atom stereocenters. The molecule has 0 aliphatic rings. The van der Waals surface area contributed by atoms with E-state index in [1.807, 2.05) is 0 Å². The van der Waals surface area contributed by atoms with Crippen LogP contribution < -0.4 is 5.32 Å². The van der Waals surface area contributed by atoms with Crippen LogP contribution >= 0.6 is 11.6 Å². The molecule has 0 unspecified atom stereocenters. The van der Waals surface area contributed by atoms with Crippen LogP contribution in [0.1, 0.15) is 32.0 Å². The van der Waals surface area contributed by atoms with Crippen LogP contribution in [0.3, 0.4) is 0 Å². The fraction of sp³-hybridized carbons (Fsp3) is 0.190. The molecule has 3 aromatic rings. The Labute approximate surface area is 172 Å². The number of nitrogens with one attached hydrogen (secondary N) is 1. The van der Waals surface area contributed by atoms with E-state index in [4.69, 9.17) is 11.6 Å². The zero-order valence-electron chi connectivity index (χ0n) is 16.2. The number of halogens is 2. The standard InChI is InChI=1S/C21H20ClFN4O2/c1-13-18(19(22)27(25-13)17-10-8-16(23)9-11-17)21(29)26(3)12-14-4-6-15(7-5-14)20(28)24-2/h4-11H,12H2,1-3H3,(H,24,28). The molecule has 0 radical (unpaired) electrons. The van der Waals surface area contributed by atoms with E-state index in [0.717, 1.165) is 5.56 Å². The Morgan fingerprint density at radius 1 is 1.14 bits per heavy atom.